The van der Waals surface area contributed by atoms with E-state index < -0.39 is 10.5 Å². The number of rotatable bonds is 1. The van der Waals surface area contributed by atoms with Gasteiger partial charge in [-0.25, -0.2) is 4.79 Å². The molecule has 0 unspecified atom stereocenters. The Hall–Kier alpha value is -2.69. The van der Waals surface area contributed by atoms with Crippen LogP contribution in [-0.2, 0) is 0 Å². The monoisotopic (exact) mass is 255 g/mol. The van der Waals surface area contributed by atoms with Gasteiger partial charge in [-0.1, -0.05) is 12.1 Å². The highest BCUT2D eigenvalue weighted by Crippen LogP contribution is 2.26. The van der Waals surface area contributed by atoms with Crippen molar-refractivity contribution in [1.82, 2.24) is 0 Å². The highest BCUT2D eigenvalue weighted by molar-refractivity contribution is 6.04. The maximum atomic E-state index is 11.9. The van der Waals surface area contributed by atoms with E-state index in [4.69, 9.17) is 4.42 Å². The maximum Gasteiger partial charge on any atom is 0.344 e. The molecule has 0 amide bonds. The van der Waals surface area contributed by atoms with Crippen molar-refractivity contribution < 1.29 is 9.34 Å². The van der Waals surface area contributed by atoms with E-state index in [1.807, 2.05) is 19.1 Å². The Kier molecular flexibility index (Phi) is 2.35. The van der Waals surface area contributed by atoms with Gasteiger partial charge in [0.15, 0.2) is 0 Å². The largest absolute Gasteiger partial charge is 0.422 e. The second-order valence-electron chi connectivity index (χ2n) is 4.38. The fourth-order valence-electron chi connectivity index (χ4n) is 2.14. The van der Waals surface area contributed by atoms with Gasteiger partial charge in [0.1, 0.15) is 5.58 Å². The van der Waals surface area contributed by atoms with Crippen molar-refractivity contribution in [1.29, 1.82) is 0 Å². The molecule has 19 heavy (non-hydrogen) atoms. The van der Waals surface area contributed by atoms with Crippen molar-refractivity contribution in [2.45, 2.75) is 6.92 Å². The van der Waals surface area contributed by atoms with E-state index in [9.17, 15) is 14.9 Å². The third kappa shape index (κ3) is 1.76. The first kappa shape index (κ1) is 11.4. The van der Waals surface area contributed by atoms with E-state index >= 15 is 0 Å². The zero-order chi connectivity index (χ0) is 13.6. The topological polar surface area (TPSA) is 73.3 Å². The summed E-state index contributed by atoms with van der Waals surface area (Å²) in [5.74, 6) is 0. The van der Waals surface area contributed by atoms with Crippen LogP contribution in [0.5, 0.6) is 0 Å². The zero-order valence-corrected chi connectivity index (χ0v) is 10.0. The van der Waals surface area contributed by atoms with Gasteiger partial charge >= 0.3 is 5.63 Å². The average Bonchev–Trinajstić information content (AvgIpc) is 2.38. The fraction of sp³-hybridized carbons (Fsp3) is 0.0714. The molecule has 0 aliphatic heterocycles. The third-order valence-electron chi connectivity index (χ3n) is 3.06. The van der Waals surface area contributed by atoms with Crippen LogP contribution < -0.4 is 5.63 Å². The molecule has 0 saturated heterocycles. The molecule has 0 saturated carbocycles. The smallest absolute Gasteiger partial charge is 0.344 e. The average molecular weight is 255 g/mol. The van der Waals surface area contributed by atoms with Gasteiger partial charge in [0.05, 0.1) is 10.3 Å². The summed E-state index contributed by atoms with van der Waals surface area (Å²) in [6.45, 7) is 1.90. The van der Waals surface area contributed by atoms with Gasteiger partial charge in [0, 0.05) is 22.9 Å². The molecule has 0 aliphatic carbocycles. The molecule has 3 rings (SSSR count). The second kappa shape index (κ2) is 3.91. The molecule has 2 aromatic carbocycles. The number of nitro groups is 1. The van der Waals surface area contributed by atoms with Gasteiger partial charge in [-0.3, -0.25) is 10.1 Å². The summed E-state index contributed by atoms with van der Waals surface area (Å²) in [6.07, 6.45) is 0. The van der Waals surface area contributed by atoms with Gasteiger partial charge in [0.2, 0.25) is 0 Å². The second-order valence-corrected chi connectivity index (χ2v) is 4.38. The van der Waals surface area contributed by atoms with Gasteiger partial charge in [-0.15, -0.1) is 0 Å². The quantitative estimate of drug-likeness (QED) is 0.290. The van der Waals surface area contributed by atoms with Crippen molar-refractivity contribution >= 4 is 27.4 Å². The predicted octanol–water partition coefficient (Wildman–Crippen LogP) is 3.16. The summed E-state index contributed by atoms with van der Waals surface area (Å²) in [5.41, 5.74) is 0.798. The molecule has 0 N–H and O–H groups in total. The fourth-order valence-corrected chi connectivity index (χ4v) is 2.14. The van der Waals surface area contributed by atoms with Crippen LogP contribution in [0.25, 0.3) is 21.7 Å². The first-order valence-corrected chi connectivity index (χ1v) is 5.68. The standard InChI is InChI=1S/C14H9NO4/c1-8-2-4-11-10-5-3-9(15(17)18)7-12(10)14(16)19-13(11)6-8/h2-7H,1H3. The summed E-state index contributed by atoms with van der Waals surface area (Å²) in [4.78, 5) is 22.1. The maximum absolute atomic E-state index is 11.9. The minimum absolute atomic E-state index is 0.119. The van der Waals surface area contributed by atoms with E-state index in [0.29, 0.717) is 11.0 Å². The highest BCUT2D eigenvalue weighted by atomic mass is 16.6. The SMILES string of the molecule is Cc1ccc2c(c1)oc(=O)c1cc([N+](=O)[O-])ccc12. The number of fused-ring (bicyclic) bond motifs is 3. The van der Waals surface area contributed by atoms with Crippen LogP contribution in [0.3, 0.4) is 0 Å². The first-order chi connectivity index (χ1) is 9.06. The van der Waals surface area contributed by atoms with E-state index in [0.717, 1.165) is 10.9 Å². The summed E-state index contributed by atoms with van der Waals surface area (Å²) < 4.78 is 5.21. The lowest BCUT2D eigenvalue weighted by Crippen LogP contribution is -2.01. The van der Waals surface area contributed by atoms with Crippen LogP contribution in [-0.4, -0.2) is 4.92 Å². The Balaban J connectivity index is 2.49. The van der Waals surface area contributed by atoms with E-state index in [-0.39, 0.29) is 11.1 Å². The molecular formula is C14H9NO4. The number of aryl methyl sites for hydroxylation is 1. The number of hydrogen-bond acceptors (Lipinski definition) is 4. The molecule has 0 spiro atoms. The van der Waals surface area contributed by atoms with Crippen LogP contribution in [0.2, 0.25) is 0 Å². The lowest BCUT2D eigenvalue weighted by atomic mass is 10.1. The summed E-state index contributed by atoms with van der Waals surface area (Å²) >= 11 is 0. The molecule has 5 heteroatoms. The van der Waals surface area contributed by atoms with Gasteiger partial charge < -0.3 is 4.42 Å². The molecule has 0 bridgehead atoms. The number of nitrogens with zero attached hydrogens (tertiary/aromatic N) is 1. The summed E-state index contributed by atoms with van der Waals surface area (Å²) in [5, 5.41) is 12.4. The Morgan fingerprint density at radius 2 is 1.79 bits per heavy atom. The number of non-ortho nitro benzene ring substituents is 1. The molecule has 1 aromatic heterocycles. The van der Waals surface area contributed by atoms with Crippen molar-refractivity contribution in [2.24, 2.45) is 0 Å². The Morgan fingerprint density at radius 1 is 1.05 bits per heavy atom. The molecule has 5 nitrogen and oxygen atoms in total. The van der Waals surface area contributed by atoms with Crippen molar-refractivity contribution in [3.05, 3.63) is 62.5 Å². The third-order valence-corrected chi connectivity index (χ3v) is 3.06. The van der Waals surface area contributed by atoms with Crippen molar-refractivity contribution in [3.63, 3.8) is 0 Å². The molecule has 0 aliphatic rings. The van der Waals surface area contributed by atoms with Crippen molar-refractivity contribution in [3.8, 4) is 0 Å². The number of nitro benzene ring substituents is 1. The Labute approximate surface area is 107 Å². The Bertz CT molecular complexity index is 880. The minimum Gasteiger partial charge on any atom is -0.422 e. The van der Waals surface area contributed by atoms with Crippen molar-refractivity contribution in [2.75, 3.05) is 0 Å². The number of hydrogen-bond donors (Lipinski definition) is 0. The Morgan fingerprint density at radius 3 is 2.53 bits per heavy atom. The molecule has 94 valence electrons. The lowest BCUT2D eigenvalue weighted by Gasteiger charge is -2.03. The van der Waals surface area contributed by atoms with Gasteiger partial charge in [0.25, 0.3) is 5.69 Å². The molecule has 0 fully saturated rings. The first-order valence-electron chi connectivity index (χ1n) is 5.68. The van der Waals surface area contributed by atoms with E-state index in [1.165, 1.54) is 12.1 Å². The molecule has 3 aromatic rings. The normalized spacial score (nSPS) is 11.0. The molecule has 0 radical (unpaired) electrons. The minimum atomic E-state index is -0.559. The predicted molar refractivity (Wildman–Crippen MR) is 71.4 cm³/mol. The van der Waals surface area contributed by atoms with Gasteiger partial charge in [-0.05, 0) is 24.6 Å². The number of benzene rings is 2. The van der Waals surface area contributed by atoms with Crippen LogP contribution in [0.15, 0.2) is 45.6 Å². The van der Waals surface area contributed by atoms with Crippen LogP contribution in [0, 0.1) is 17.0 Å². The lowest BCUT2D eigenvalue weighted by molar-refractivity contribution is -0.384. The van der Waals surface area contributed by atoms with Crippen LogP contribution in [0.4, 0.5) is 5.69 Å². The van der Waals surface area contributed by atoms with Crippen LogP contribution in [0.1, 0.15) is 5.56 Å². The zero-order valence-electron chi connectivity index (χ0n) is 10.0. The summed E-state index contributed by atoms with van der Waals surface area (Å²) in [6, 6.07) is 9.76. The highest BCUT2D eigenvalue weighted by Gasteiger charge is 2.12. The summed E-state index contributed by atoms with van der Waals surface area (Å²) in [7, 11) is 0. The molecular weight excluding hydrogens is 246 g/mol. The van der Waals surface area contributed by atoms with Crippen LogP contribution >= 0.6 is 0 Å². The molecule has 0 atom stereocenters. The molecule has 1 heterocycles. The van der Waals surface area contributed by atoms with E-state index in [1.54, 1.807) is 12.1 Å². The van der Waals surface area contributed by atoms with E-state index in [2.05, 4.69) is 0 Å². The van der Waals surface area contributed by atoms with Gasteiger partial charge in [-0.2, -0.15) is 0 Å².